The van der Waals surface area contributed by atoms with Gasteiger partial charge in [0, 0.05) is 18.5 Å². The van der Waals surface area contributed by atoms with Gasteiger partial charge >= 0.3 is 6.18 Å². The van der Waals surface area contributed by atoms with Crippen molar-refractivity contribution in [1.29, 1.82) is 0 Å². The van der Waals surface area contributed by atoms with Gasteiger partial charge in [-0.15, -0.1) is 0 Å². The van der Waals surface area contributed by atoms with E-state index in [4.69, 9.17) is 9.47 Å². The Balaban J connectivity index is 1.75. The van der Waals surface area contributed by atoms with Gasteiger partial charge in [0.2, 0.25) is 10.0 Å². The maximum Gasteiger partial charge on any atom is 0.416 e. The van der Waals surface area contributed by atoms with Crippen LogP contribution in [-0.4, -0.2) is 44.8 Å². The van der Waals surface area contributed by atoms with Crippen LogP contribution in [0.15, 0.2) is 29.2 Å². The largest absolute Gasteiger partial charge is 0.416 e. The Hall–Kier alpha value is -1.16. The van der Waals surface area contributed by atoms with Gasteiger partial charge in [0.05, 0.1) is 23.7 Å². The van der Waals surface area contributed by atoms with E-state index < -0.39 is 33.0 Å². The van der Waals surface area contributed by atoms with E-state index in [9.17, 15) is 21.6 Å². The highest BCUT2D eigenvalue weighted by molar-refractivity contribution is 7.89. The summed E-state index contributed by atoms with van der Waals surface area (Å²) in [6.45, 7) is 4.60. The molecule has 1 aromatic carbocycles. The minimum absolute atomic E-state index is 0.168. The zero-order valence-electron chi connectivity index (χ0n) is 13.3. The van der Waals surface area contributed by atoms with Crippen LogP contribution in [0.5, 0.6) is 0 Å². The monoisotopic (exact) mass is 365 g/mol. The minimum Gasteiger partial charge on any atom is -0.350 e. The van der Waals surface area contributed by atoms with Gasteiger partial charge in [-0.3, -0.25) is 0 Å². The molecule has 9 heteroatoms. The Morgan fingerprint density at radius 2 is 1.71 bits per heavy atom. The van der Waals surface area contributed by atoms with Crippen molar-refractivity contribution in [2.75, 3.05) is 26.3 Å². The first-order valence-corrected chi connectivity index (χ1v) is 8.83. The molecule has 5 nitrogen and oxygen atoms in total. The molecule has 0 N–H and O–H groups in total. The standard InChI is InChI=1S/C15H18F3NO4S/c1-13(2)22-9-14(10-23-13)7-19(8-14)24(20,21)12-5-3-4-11(6-12)15(16,17)18/h3-6H,7-10H2,1-2H3. The third kappa shape index (κ3) is 3.17. The summed E-state index contributed by atoms with van der Waals surface area (Å²) < 4.78 is 75.6. The summed E-state index contributed by atoms with van der Waals surface area (Å²) in [6.07, 6.45) is -4.58. The van der Waals surface area contributed by atoms with Crippen molar-refractivity contribution in [3.05, 3.63) is 29.8 Å². The van der Waals surface area contributed by atoms with E-state index in [1.54, 1.807) is 13.8 Å². The fourth-order valence-electron chi connectivity index (χ4n) is 2.77. The van der Waals surface area contributed by atoms with Crippen molar-refractivity contribution < 1.29 is 31.1 Å². The first kappa shape index (κ1) is 17.7. The molecule has 3 rings (SSSR count). The molecule has 134 valence electrons. The number of alkyl halides is 3. The second kappa shape index (κ2) is 5.42. The molecule has 24 heavy (non-hydrogen) atoms. The number of hydrogen-bond acceptors (Lipinski definition) is 4. The first-order chi connectivity index (χ1) is 10.9. The molecule has 1 aromatic rings. The van der Waals surface area contributed by atoms with Crippen molar-refractivity contribution in [1.82, 2.24) is 4.31 Å². The summed E-state index contributed by atoms with van der Waals surface area (Å²) in [6, 6.07) is 3.78. The Bertz CT molecular complexity index is 727. The van der Waals surface area contributed by atoms with E-state index in [1.165, 1.54) is 6.07 Å². The smallest absolute Gasteiger partial charge is 0.350 e. The van der Waals surface area contributed by atoms with Crippen molar-refractivity contribution >= 4 is 10.0 Å². The Morgan fingerprint density at radius 3 is 2.25 bits per heavy atom. The van der Waals surface area contributed by atoms with Gasteiger partial charge in [0.15, 0.2) is 5.79 Å². The molecule has 0 saturated carbocycles. The van der Waals surface area contributed by atoms with Crippen LogP contribution in [0, 0.1) is 5.41 Å². The highest BCUT2D eigenvalue weighted by Gasteiger charge is 2.52. The number of halogens is 3. The van der Waals surface area contributed by atoms with E-state index in [1.807, 2.05) is 0 Å². The van der Waals surface area contributed by atoms with E-state index in [0.717, 1.165) is 16.4 Å². The molecule has 1 spiro atoms. The SMILES string of the molecule is CC1(C)OCC2(CO1)CN(S(=O)(=O)c1cccc(C(F)(F)F)c1)C2. The average Bonchev–Trinajstić information content (AvgIpc) is 2.44. The quantitative estimate of drug-likeness (QED) is 0.808. The van der Waals surface area contributed by atoms with Crippen molar-refractivity contribution in [2.24, 2.45) is 5.41 Å². The highest BCUT2D eigenvalue weighted by Crippen LogP contribution is 2.40. The van der Waals surface area contributed by atoms with Gasteiger partial charge in [-0.25, -0.2) is 8.42 Å². The molecule has 2 heterocycles. The van der Waals surface area contributed by atoms with Gasteiger partial charge in [-0.2, -0.15) is 17.5 Å². The summed E-state index contributed by atoms with van der Waals surface area (Å²) in [5.41, 5.74) is -1.41. The molecular weight excluding hydrogens is 347 g/mol. The van der Waals surface area contributed by atoms with Crippen LogP contribution in [-0.2, 0) is 25.7 Å². The van der Waals surface area contributed by atoms with Crippen LogP contribution in [0.2, 0.25) is 0 Å². The lowest BCUT2D eigenvalue weighted by molar-refractivity contribution is -0.299. The highest BCUT2D eigenvalue weighted by atomic mass is 32.2. The van der Waals surface area contributed by atoms with Crippen LogP contribution in [0.3, 0.4) is 0 Å². The summed E-state index contributed by atoms with van der Waals surface area (Å²) >= 11 is 0. The molecule has 2 aliphatic rings. The van der Waals surface area contributed by atoms with Gasteiger partial charge < -0.3 is 9.47 Å². The van der Waals surface area contributed by atoms with Gasteiger partial charge in [0.25, 0.3) is 0 Å². The number of ether oxygens (including phenoxy) is 2. The molecule has 0 atom stereocenters. The zero-order chi connectivity index (χ0) is 17.8. The topological polar surface area (TPSA) is 55.8 Å². The Morgan fingerprint density at radius 1 is 1.12 bits per heavy atom. The Kier molecular flexibility index (Phi) is 3.99. The number of benzene rings is 1. The average molecular weight is 365 g/mol. The molecule has 0 radical (unpaired) electrons. The van der Waals surface area contributed by atoms with Crippen molar-refractivity contribution in [3.8, 4) is 0 Å². The molecule has 2 saturated heterocycles. The lowest BCUT2D eigenvalue weighted by Crippen LogP contribution is -2.65. The van der Waals surface area contributed by atoms with E-state index in [2.05, 4.69) is 0 Å². The lowest BCUT2D eigenvalue weighted by Gasteiger charge is -2.53. The van der Waals surface area contributed by atoms with Crippen LogP contribution in [0.4, 0.5) is 13.2 Å². The predicted molar refractivity (Wildman–Crippen MR) is 78.6 cm³/mol. The molecular formula is C15H18F3NO4S. The van der Waals surface area contributed by atoms with Crippen LogP contribution in [0.25, 0.3) is 0 Å². The number of nitrogens with zero attached hydrogens (tertiary/aromatic N) is 1. The third-order valence-corrected chi connectivity index (χ3v) is 6.06. The summed E-state index contributed by atoms with van der Waals surface area (Å²) in [7, 11) is -3.97. The summed E-state index contributed by atoms with van der Waals surface area (Å²) in [5.74, 6) is -0.703. The molecule has 0 amide bonds. The maximum atomic E-state index is 12.8. The molecule has 0 bridgehead atoms. The third-order valence-electron chi connectivity index (χ3n) is 4.27. The molecule has 0 aliphatic carbocycles. The van der Waals surface area contributed by atoms with E-state index in [-0.39, 0.29) is 18.0 Å². The van der Waals surface area contributed by atoms with Crippen LogP contribution in [0.1, 0.15) is 19.4 Å². The second-order valence-electron chi connectivity index (χ2n) is 6.78. The minimum atomic E-state index is -4.58. The number of hydrogen-bond donors (Lipinski definition) is 0. The van der Waals surface area contributed by atoms with E-state index in [0.29, 0.717) is 19.3 Å². The van der Waals surface area contributed by atoms with Crippen molar-refractivity contribution in [2.45, 2.75) is 30.7 Å². The summed E-state index contributed by atoms with van der Waals surface area (Å²) in [5, 5.41) is 0. The lowest BCUT2D eigenvalue weighted by atomic mass is 9.82. The molecule has 2 fully saturated rings. The number of rotatable bonds is 2. The fraction of sp³-hybridized carbons (Fsp3) is 0.600. The molecule has 0 aromatic heterocycles. The van der Waals surface area contributed by atoms with Gasteiger partial charge in [-0.05, 0) is 32.0 Å². The zero-order valence-corrected chi connectivity index (χ0v) is 14.1. The fourth-order valence-corrected chi connectivity index (χ4v) is 4.49. The maximum absolute atomic E-state index is 12.8. The summed E-state index contributed by atoms with van der Waals surface area (Å²) in [4.78, 5) is -0.356. The van der Waals surface area contributed by atoms with Crippen molar-refractivity contribution in [3.63, 3.8) is 0 Å². The first-order valence-electron chi connectivity index (χ1n) is 7.39. The van der Waals surface area contributed by atoms with E-state index >= 15 is 0 Å². The van der Waals surface area contributed by atoms with Gasteiger partial charge in [-0.1, -0.05) is 6.07 Å². The number of sulfonamides is 1. The molecule has 0 unspecified atom stereocenters. The normalized spacial score (nSPS) is 23.9. The predicted octanol–water partition coefficient (Wildman–Crippen LogP) is 2.48. The van der Waals surface area contributed by atoms with Crippen LogP contribution >= 0.6 is 0 Å². The second-order valence-corrected chi connectivity index (χ2v) is 8.71. The van der Waals surface area contributed by atoms with Gasteiger partial charge in [0.1, 0.15) is 0 Å². The van der Waals surface area contributed by atoms with Crippen LogP contribution < -0.4 is 0 Å². The molecule has 2 aliphatic heterocycles. The Labute approximate surface area is 138 Å².